The summed E-state index contributed by atoms with van der Waals surface area (Å²) >= 11 is 0. The highest BCUT2D eigenvalue weighted by molar-refractivity contribution is 6.14. The largest absolute Gasteiger partial charge is 0.504 e. The molecule has 1 aliphatic heterocycles. The average molecular weight is 460 g/mol. The van der Waals surface area contributed by atoms with Crippen molar-refractivity contribution in [1.29, 1.82) is 0 Å². The lowest BCUT2D eigenvalue weighted by Crippen LogP contribution is -2.37. The van der Waals surface area contributed by atoms with Gasteiger partial charge in [-0.3, -0.25) is 9.69 Å². The van der Waals surface area contributed by atoms with Crippen molar-refractivity contribution in [3.8, 4) is 23.0 Å². The predicted molar refractivity (Wildman–Crippen MR) is 129 cm³/mol. The summed E-state index contributed by atoms with van der Waals surface area (Å²) in [4.78, 5) is 15.4. The maximum Gasteiger partial charge on any atom is 0.187 e. The number of hydrogen-bond acceptors (Lipinski definition) is 6. The van der Waals surface area contributed by atoms with E-state index in [0.717, 1.165) is 17.7 Å². The average Bonchev–Trinajstić information content (AvgIpc) is 2.76. The fourth-order valence-corrected chi connectivity index (χ4v) is 3.52. The van der Waals surface area contributed by atoms with Crippen molar-refractivity contribution < 1.29 is 24.5 Å². The second-order valence-corrected chi connectivity index (χ2v) is 7.29. The summed E-state index contributed by atoms with van der Waals surface area (Å²) < 4.78 is 10.9. The van der Waals surface area contributed by atoms with E-state index in [1.165, 1.54) is 0 Å². The number of piperidine rings is 1. The fourth-order valence-electron chi connectivity index (χ4n) is 3.52. The molecular weight excluding hydrogens is 430 g/mol. The molecule has 3 rings (SSSR count). The lowest BCUT2D eigenvalue weighted by atomic mass is 9.94. The molecule has 2 N–H and O–H groups in total. The molecule has 0 amide bonds. The van der Waals surface area contributed by atoms with Crippen molar-refractivity contribution in [2.24, 2.45) is 0 Å². The van der Waals surface area contributed by atoms with Crippen LogP contribution in [-0.2, 0) is 4.79 Å². The molecule has 0 saturated carbocycles. The first-order valence-electron chi connectivity index (χ1n) is 10.5. The minimum absolute atomic E-state index is 0. The van der Waals surface area contributed by atoms with E-state index in [9.17, 15) is 15.0 Å². The van der Waals surface area contributed by atoms with E-state index in [0.29, 0.717) is 48.9 Å². The van der Waals surface area contributed by atoms with Gasteiger partial charge in [-0.1, -0.05) is 19.1 Å². The summed E-state index contributed by atoms with van der Waals surface area (Å²) in [7, 11) is 0. The molecule has 0 aliphatic carbocycles. The summed E-state index contributed by atoms with van der Waals surface area (Å²) in [6, 6.07) is 10.2. The van der Waals surface area contributed by atoms with Gasteiger partial charge < -0.3 is 19.7 Å². The quantitative estimate of drug-likeness (QED) is 0.585. The van der Waals surface area contributed by atoms with Crippen molar-refractivity contribution in [2.45, 2.75) is 20.8 Å². The van der Waals surface area contributed by atoms with Gasteiger partial charge in [0.1, 0.15) is 0 Å². The first-order chi connectivity index (χ1) is 14.9. The van der Waals surface area contributed by atoms with E-state index in [1.807, 2.05) is 26.0 Å². The van der Waals surface area contributed by atoms with Gasteiger partial charge in [-0.2, -0.15) is 0 Å². The number of phenolic OH excluding ortho intramolecular Hbond substituents is 2. The van der Waals surface area contributed by atoms with E-state index < -0.39 is 0 Å². The van der Waals surface area contributed by atoms with Crippen LogP contribution in [0.2, 0.25) is 0 Å². The summed E-state index contributed by atoms with van der Waals surface area (Å²) in [6.45, 7) is 8.57. The molecule has 1 heterocycles. The summed E-state index contributed by atoms with van der Waals surface area (Å²) in [5.74, 6) is 0.938. The summed E-state index contributed by atoms with van der Waals surface area (Å²) in [5.41, 5.74) is 2.95. The highest BCUT2D eigenvalue weighted by Gasteiger charge is 2.25. The first-order valence-corrected chi connectivity index (χ1v) is 10.5. The van der Waals surface area contributed by atoms with E-state index in [1.54, 1.807) is 36.4 Å². The number of carbonyl (C=O) groups is 1. The number of Topliss-reactive ketones (excluding diaryl/α,β-unsaturated/α-hetero) is 1. The molecule has 1 saturated heterocycles. The van der Waals surface area contributed by atoms with E-state index in [4.69, 9.17) is 9.47 Å². The second-order valence-electron chi connectivity index (χ2n) is 7.29. The SMILES string of the molecule is CCOc1cc(/C=C2\CN(CC)C/C(=C\c3ccc(O)c(OCC)c3)C2=O)ccc1O.Cl. The highest BCUT2D eigenvalue weighted by atomic mass is 35.5. The zero-order valence-electron chi connectivity index (χ0n) is 18.6. The van der Waals surface area contributed by atoms with Crippen LogP contribution in [0.15, 0.2) is 47.5 Å². The van der Waals surface area contributed by atoms with Crippen molar-refractivity contribution in [1.82, 2.24) is 4.90 Å². The Bertz CT molecular complexity index is 938. The van der Waals surface area contributed by atoms with Crippen LogP contribution >= 0.6 is 12.4 Å². The summed E-state index contributed by atoms with van der Waals surface area (Å²) in [6.07, 6.45) is 3.70. The minimum Gasteiger partial charge on any atom is -0.504 e. The van der Waals surface area contributed by atoms with Gasteiger partial charge in [0.2, 0.25) is 0 Å². The van der Waals surface area contributed by atoms with Gasteiger partial charge in [-0.25, -0.2) is 0 Å². The third-order valence-electron chi connectivity index (χ3n) is 5.07. The number of hydrogen-bond donors (Lipinski definition) is 2. The van der Waals surface area contributed by atoms with E-state index >= 15 is 0 Å². The number of likely N-dealkylation sites (N-methyl/N-ethyl adjacent to an activating group) is 1. The van der Waals surface area contributed by atoms with Crippen LogP contribution in [-0.4, -0.2) is 53.7 Å². The summed E-state index contributed by atoms with van der Waals surface area (Å²) in [5, 5.41) is 19.9. The Labute approximate surface area is 195 Å². The molecule has 0 radical (unpaired) electrons. The minimum atomic E-state index is -0.0123. The van der Waals surface area contributed by atoms with Crippen LogP contribution in [0.25, 0.3) is 12.2 Å². The van der Waals surface area contributed by atoms with Crippen LogP contribution < -0.4 is 9.47 Å². The fraction of sp³-hybridized carbons (Fsp3) is 0.320. The first kappa shape index (κ1) is 25.3. The molecule has 1 aliphatic rings. The third-order valence-corrected chi connectivity index (χ3v) is 5.07. The monoisotopic (exact) mass is 459 g/mol. The van der Waals surface area contributed by atoms with Gasteiger partial charge in [0, 0.05) is 24.2 Å². The number of rotatable bonds is 7. The molecule has 7 heteroatoms. The van der Waals surface area contributed by atoms with Crippen LogP contribution in [0.4, 0.5) is 0 Å². The Balaban J connectivity index is 0.00000363. The van der Waals surface area contributed by atoms with Gasteiger partial charge in [0.05, 0.1) is 13.2 Å². The Morgan fingerprint density at radius 1 is 0.844 bits per heavy atom. The maximum absolute atomic E-state index is 13.2. The number of benzene rings is 2. The van der Waals surface area contributed by atoms with Crippen molar-refractivity contribution in [3.63, 3.8) is 0 Å². The zero-order chi connectivity index (χ0) is 22.4. The van der Waals surface area contributed by atoms with Crippen LogP contribution in [0, 0.1) is 0 Å². The molecule has 2 aromatic rings. The molecule has 0 unspecified atom stereocenters. The number of ketones is 1. The van der Waals surface area contributed by atoms with Crippen LogP contribution in [0.5, 0.6) is 23.0 Å². The number of aromatic hydroxyl groups is 2. The second kappa shape index (κ2) is 11.6. The van der Waals surface area contributed by atoms with Crippen molar-refractivity contribution in [3.05, 3.63) is 58.7 Å². The number of carbonyl (C=O) groups excluding carboxylic acids is 1. The smallest absolute Gasteiger partial charge is 0.187 e. The number of ether oxygens (including phenoxy) is 2. The highest BCUT2D eigenvalue weighted by Crippen LogP contribution is 2.31. The number of likely N-dealkylation sites (tertiary alicyclic amines) is 1. The maximum atomic E-state index is 13.2. The Hall–Kier alpha value is -2.96. The van der Waals surface area contributed by atoms with Gasteiger partial charge in [0.25, 0.3) is 0 Å². The zero-order valence-corrected chi connectivity index (χ0v) is 19.4. The molecule has 172 valence electrons. The van der Waals surface area contributed by atoms with E-state index in [-0.39, 0.29) is 29.7 Å². The molecule has 2 aromatic carbocycles. The van der Waals surface area contributed by atoms with Gasteiger partial charge in [0.15, 0.2) is 28.8 Å². The van der Waals surface area contributed by atoms with Crippen molar-refractivity contribution in [2.75, 3.05) is 32.8 Å². The Morgan fingerprint density at radius 2 is 1.28 bits per heavy atom. The molecule has 1 fully saturated rings. The predicted octanol–water partition coefficient (Wildman–Crippen LogP) is 4.69. The number of nitrogens with zero attached hydrogens (tertiary/aromatic N) is 1. The van der Waals surface area contributed by atoms with Crippen LogP contribution in [0.1, 0.15) is 31.9 Å². The Morgan fingerprint density at radius 3 is 1.66 bits per heavy atom. The third kappa shape index (κ3) is 6.05. The molecule has 0 aromatic heterocycles. The van der Waals surface area contributed by atoms with Crippen molar-refractivity contribution >= 4 is 30.3 Å². The van der Waals surface area contributed by atoms with Gasteiger partial charge >= 0.3 is 0 Å². The lowest BCUT2D eigenvalue weighted by molar-refractivity contribution is -0.113. The number of phenols is 2. The normalized spacial score (nSPS) is 16.8. The molecule has 6 nitrogen and oxygen atoms in total. The number of halogens is 1. The van der Waals surface area contributed by atoms with Gasteiger partial charge in [-0.05, 0) is 67.9 Å². The van der Waals surface area contributed by atoms with Gasteiger partial charge in [-0.15, -0.1) is 12.4 Å². The molecule has 0 spiro atoms. The molecule has 0 atom stereocenters. The molecular formula is C25H30ClNO5. The van der Waals surface area contributed by atoms with Crippen LogP contribution in [0.3, 0.4) is 0 Å². The molecule has 32 heavy (non-hydrogen) atoms. The molecule has 0 bridgehead atoms. The topological polar surface area (TPSA) is 79.2 Å². The van der Waals surface area contributed by atoms with E-state index in [2.05, 4.69) is 11.8 Å². The Kier molecular flexibility index (Phi) is 9.17. The standard InChI is InChI=1S/C25H29NO5.ClH/c1-4-26-15-19(11-17-7-9-21(27)23(13-17)30-5-2)25(29)20(16-26)12-18-8-10-22(28)24(14-18)31-6-3;/h7-14,27-28H,4-6,15-16H2,1-3H3;1H/b19-11+,20-12+;. The lowest BCUT2D eigenvalue weighted by Gasteiger charge is -2.28.